The molecule has 104 valence electrons. The van der Waals surface area contributed by atoms with Gasteiger partial charge in [-0.15, -0.1) is 0 Å². The molecule has 1 nitrogen and oxygen atoms in total. The first-order valence-corrected chi connectivity index (χ1v) is 8.29. The van der Waals surface area contributed by atoms with Crippen LogP contribution in [0.2, 0.25) is 0 Å². The van der Waals surface area contributed by atoms with Gasteiger partial charge in [-0.1, -0.05) is 37.8 Å². The van der Waals surface area contributed by atoms with E-state index in [4.69, 9.17) is 0 Å². The molecule has 0 bridgehead atoms. The van der Waals surface area contributed by atoms with Gasteiger partial charge < -0.3 is 5.32 Å². The molecule has 1 saturated carbocycles. The maximum Gasteiger partial charge on any atom is 0.00671 e. The van der Waals surface area contributed by atoms with Crippen molar-refractivity contribution in [2.45, 2.75) is 83.6 Å². The van der Waals surface area contributed by atoms with Gasteiger partial charge in [0.15, 0.2) is 0 Å². The molecule has 0 amide bonds. The highest BCUT2D eigenvalue weighted by Crippen LogP contribution is 2.29. The molecule has 0 heterocycles. The summed E-state index contributed by atoms with van der Waals surface area (Å²) in [4.78, 5) is 0. The Morgan fingerprint density at radius 2 is 1.89 bits per heavy atom. The molecule has 0 aliphatic heterocycles. The van der Waals surface area contributed by atoms with E-state index in [9.17, 15) is 0 Å². The van der Waals surface area contributed by atoms with Crippen LogP contribution in [0, 0.1) is 5.92 Å². The molecule has 0 aromatic carbocycles. The first-order chi connectivity index (χ1) is 8.88. The van der Waals surface area contributed by atoms with Crippen LogP contribution in [0.4, 0.5) is 0 Å². The summed E-state index contributed by atoms with van der Waals surface area (Å²) in [6, 6.07) is 0.830. The maximum atomic E-state index is 3.60. The van der Waals surface area contributed by atoms with Crippen LogP contribution in [-0.2, 0) is 0 Å². The van der Waals surface area contributed by atoms with Gasteiger partial charge in [-0.25, -0.2) is 0 Å². The smallest absolute Gasteiger partial charge is 0.00671 e. The number of nitrogens with one attached hydrogen (secondary N) is 1. The van der Waals surface area contributed by atoms with Crippen molar-refractivity contribution in [2.24, 2.45) is 5.92 Å². The van der Waals surface area contributed by atoms with Gasteiger partial charge >= 0.3 is 0 Å². The fraction of sp³-hybridized carbons (Fsp3) is 0.882. The number of hydrogen-bond acceptors (Lipinski definition) is 1. The molecule has 2 aliphatic carbocycles. The predicted molar refractivity (Wildman–Crippen MR) is 79.8 cm³/mol. The lowest BCUT2D eigenvalue weighted by atomic mass is 9.83. The van der Waals surface area contributed by atoms with Crippen LogP contribution in [0.25, 0.3) is 0 Å². The van der Waals surface area contributed by atoms with E-state index < -0.39 is 0 Å². The monoisotopic (exact) mass is 249 g/mol. The number of unbranched alkanes of at least 4 members (excludes halogenated alkanes) is 2. The molecule has 0 radical (unpaired) electrons. The Bertz CT molecular complexity index is 248. The Morgan fingerprint density at radius 1 is 1.11 bits per heavy atom. The SMILES string of the molecule is CCNC1CCC(CCCCCC2=CCC2)CC1. The van der Waals surface area contributed by atoms with E-state index in [1.165, 1.54) is 70.6 Å². The first kappa shape index (κ1) is 14.1. The summed E-state index contributed by atoms with van der Waals surface area (Å²) in [5, 5.41) is 3.60. The average molecular weight is 249 g/mol. The molecule has 0 aromatic rings. The second-order valence-corrected chi connectivity index (χ2v) is 6.28. The highest BCUT2D eigenvalue weighted by molar-refractivity contribution is 5.11. The van der Waals surface area contributed by atoms with Crippen LogP contribution in [0.3, 0.4) is 0 Å². The van der Waals surface area contributed by atoms with E-state index in [0.29, 0.717) is 0 Å². The summed E-state index contributed by atoms with van der Waals surface area (Å²) in [5.74, 6) is 1.04. The Morgan fingerprint density at radius 3 is 2.50 bits per heavy atom. The summed E-state index contributed by atoms with van der Waals surface area (Å²) in [7, 11) is 0. The third-order valence-electron chi connectivity index (χ3n) is 4.85. The van der Waals surface area contributed by atoms with Crippen LogP contribution in [0.5, 0.6) is 0 Å². The van der Waals surface area contributed by atoms with E-state index in [1.807, 2.05) is 0 Å². The molecule has 18 heavy (non-hydrogen) atoms. The highest BCUT2D eigenvalue weighted by atomic mass is 14.9. The summed E-state index contributed by atoms with van der Waals surface area (Å²) < 4.78 is 0. The third kappa shape index (κ3) is 4.76. The molecule has 1 heteroatoms. The second-order valence-electron chi connectivity index (χ2n) is 6.28. The zero-order chi connectivity index (χ0) is 12.6. The van der Waals surface area contributed by atoms with E-state index in [-0.39, 0.29) is 0 Å². The summed E-state index contributed by atoms with van der Waals surface area (Å²) in [6.07, 6.45) is 18.3. The minimum Gasteiger partial charge on any atom is -0.314 e. The van der Waals surface area contributed by atoms with Crippen molar-refractivity contribution >= 4 is 0 Å². The fourth-order valence-corrected chi connectivity index (χ4v) is 3.48. The Hall–Kier alpha value is -0.300. The van der Waals surface area contributed by atoms with Crippen LogP contribution < -0.4 is 5.32 Å². The molecule has 0 saturated heterocycles. The van der Waals surface area contributed by atoms with Crippen molar-refractivity contribution in [3.63, 3.8) is 0 Å². The van der Waals surface area contributed by atoms with Gasteiger partial charge in [-0.05, 0) is 63.8 Å². The molecule has 1 N–H and O–H groups in total. The minimum atomic E-state index is 0.830. The summed E-state index contributed by atoms with van der Waals surface area (Å²) in [6.45, 7) is 3.37. The Kier molecular flexibility index (Phi) is 6.26. The minimum absolute atomic E-state index is 0.830. The van der Waals surface area contributed by atoms with Crippen molar-refractivity contribution in [3.8, 4) is 0 Å². The third-order valence-corrected chi connectivity index (χ3v) is 4.85. The van der Waals surface area contributed by atoms with E-state index in [0.717, 1.165) is 18.5 Å². The normalized spacial score (nSPS) is 27.7. The molecule has 0 aromatic heterocycles. The first-order valence-electron chi connectivity index (χ1n) is 8.29. The number of rotatable bonds is 8. The standard InChI is InChI=1S/C17H31N/c1-2-18-17-13-11-16(12-14-17)8-5-3-4-7-15-9-6-10-15/h9,16-18H,2-8,10-14H2,1H3. The molecule has 2 rings (SSSR count). The Labute approximate surface area is 113 Å². The Balaban J connectivity index is 1.45. The van der Waals surface area contributed by atoms with Crippen molar-refractivity contribution < 1.29 is 0 Å². The van der Waals surface area contributed by atoms with Crippen LogP contribution >= 0.6 is 0 Å². The lowest BCUT2D eigenvalue weighted by Crippen LogP contribution is -2.32. The second kappa shape index (κ2) is 7.99. The molecular formula is C17H31N. The quantitative estimate of drug-likeness (QED) is 0.480. The zero-order valence-electron chi connectivity index (χ0n) is 12.2. The maximum absolute atomic E-state index is 3.60. The topological polar surface area (TPSA) is 12.0 Å². The van der Waals surface area contributed by atoms with Crippen molar-refractivity contribution in [2.75, 3.05) is 6.54 Å². The number of allylic oxidation sites excluding steroid dienone is 2. The molecule has 0 unspecified atom stereocenters. The largest absolute Gasteiger partial charge is 0.314 e. The fourth-order valence-electron chi connectivity index (χ4n) is 3.48. The molecule has 0 atom stereocenters. The van der Waals surface area contributed by atoms with Crippen LogP contribution in [0.15, 0.2) is 11.6 Å². The predicted octanol–water partition coefficient (Wildman–Crippen LogP) is 4.83. The lowest BCUT2D eigenvalue weighted by Gasteiger charge is -2.29. The average Bonchev–Trinajstić information content (AvgIpc) is 2.34. The van der Waals surface area contributed by atoms with Crippen molar-refractivity contribution in [1.82, 2.24) is 5.32 Å². The van der Waals surface area contributed by atoms with E-state index >= 15 is 0 Å². The van der Waals surface area contributed by atoms with Crippen LogP contribution in [0.1, 0.15) is 77.6 Å². The van der Waals surface area contributed by atoms with Crippen molar-refractivity contribution in [1.29, 1.82) is 0 Å². The zero-order valence-corrected chi connectivity index (χ0v) is 12.2. The van der Waals surface area contributed by atoms with Gasteiger partial charge in [0.25, 0.3) is 0 Å². The van der Waals surface area contributed by atoms with Gasteiger partial charge in [0.05, 0.1) is 0 Å². The van der Waals surface area contributed by atoms with Crippen LogP contribution in [-0.4, -0.2) is 12.6 Å². The van der Waals surface area contributed by atoms with E-state index in [2.05, 4.69) is 18.3 Å². The summed E-state index contributed by atoms with van der Waals surface area (Å²) >= 11 is 0. The lowest BCUT2D eigenvalue weighted by molar-refractivity contribution is 0.277. The highest BCUT2D eigenvalue weighted by Gasteiger charge is 2.19. The van der Waals surface area contributed by atoms with E-state index in [1.54, 1.807) is 5.57 Å². The number of hydrogen-bond donors (Lipinski definition) is 1. The van der Waals surface area contributed by atoms with Crippen molar-refractivity contribution in [3.05, 3.63) is 11.6 Å². The summed E-state index contributed by atoms with van der Waals surface area (Å²) in [5.41, 5.74) is 1.74. The molecule has 0 spiro atoms. The van der Waals surface area contributed by atoms with Gasteiger partial charge in [0.2, 0.25) is 0 Å². The van der Waals surface area contributed by atoms with Gasteiger partial charge in [-0.3, -0.25) is 0 Å². The van der Waals surface area contributed by atoms with Gasteiger partial charge in [-0.2, -0.15) is 0 Å². The molecule has 1 fully saturated rings. The molecule has 2 aliphatic rings. The van der Waals surface area contributed by atoms with Gasteiger partial charge in [0, 0.05) is 6.04 Å². The molecular weight excluding hydrogens is 218 g/mol. The van der Waals surface area contributed by atoms with Gasteiger partial charge in [0.1, 0.15) is 0 Å².